The second kappa shape index (κ2) is 28.9. The summed E-state index contributed by atoms with van der Waals surface area (Å²) in [4.78, 5) is 56.4. The van der Waals surface area contributed by atoms with Crippen LogP contribution in [0, 0.1) is 101 Å². The molecule has 22 heteroatoms. The summed E-state index contributed by atoms with van der Waals surface area (Å²) in [5.41, 5.74) is -2.90. The molecule has 553 valence electrons. The Morgan fingerprint density at radius 3 is 1.33 bits per heavy atom. The number of carbonyl (C=O) groups is 5. The molecule has 2 saturated heterocycles. The molecule has 10 aliphatic carbocycles. The molecule has 0 bridgehead atoms. The molecule has 4 spiro atoms. The van der Waals surface area contributed by atoms with E-state index in [1.165, 1.54) is 40.0 Å². The van der Waals surface area contributed by atoms with Crippen molar-refractivity contribution in [3.05, 3.63) is 0 Å². The number of carbonyl (C=O) groups excluding carboxylic acids is 5. The molecular weight excluding hydrogens is 1270 g/mol. The van der Waals surface area contributed by atoms with Crippen molar-refractivity contribution in [2.45, 2.75) is 312 Å². The van der Waals surface area contributed by atoms with E-state index in [9.17, 15) is 54.6 Å². The van der Waals surface area contributed by atoms with E-state index in [-0.39, 0.29) is 174 Å². The number of hydrogen-bond donors (Lipinski definition) is 6. The minimum absolute atomic E-state index is 0. The molecular formula is C76H125BNaO20. The monoisotopic (exact) mass is 1390 g/mol. The minimum atomic E-state index is -1.28. The average Bonchev–Trinajstić information content (AvgIpc) is 1.47. The van der Waals surface area contributed by atoms with Gasteiger partial charge in [0, 0.05) is 40.0 Å². The summed E-state index contributed by atoms with van der Waals surface area (Å²) in [6, 6.07) is 0. The Bertz CT molecular complexity index is 2860. The molecule has 12 rings (SSSR count). The van der Waals surface area contributed by atoms with Crippen molar-refractivity contribution in [2.75, 3.05) is 33.0 Å². The summed E-state index contributed by atoms with van der Waals surface area (Å²) >= 11 is 0. The number of esters is 3. The van der Waals surface area contributed by atoms with E-state index >= 15 is 0 Å². The third-order valence-corrected chi connectivity index (χ3v) is 30.1. The smallest absolute Gasteiger partial charge is 1.00 e. The fraction of sp³-hybridized carbons (Fsp3) is 0.934. The summed E-state index contributed by atoms with van der Waals surface area (Å²) in [6.45, 7) is 35.9. The van der Waals surface area contributed by atoms with Crippen LogP contribution in [0.3, 0.4) is 0 Å². The number of aliphatic hydroxyl groups excluding tert-OH is 4. The Kier molecular flexibility index (Phi) is 24.2. The normalized spacial score (nSPS) is 45.8. The summed E-state index contributed by atoms with van der Waals surface area (Å²) < 4.78 is 52.9. The first-order chi connectivity index (χ1) is 44.7. The zero-order chi connectivity index (χ0) is 70.9. The van der Waals surface area contributed by atoms with E-state index in [1.807, 2.05) is 0 Å². The van der Waals surface area contributed by atoms with Gasteiger partial charge in [-0.05, 0) is 228 Å². The van der Waals surface area contributed by atoms with E-state index in [1.54, 1.807) is 34.6 Å². The Morgan fingerprint density at radius 2 is 0.990 bits per heavy atom. The fourth-order valence-corrected chi connectivity index (χ4v) is 26.3. The van der Waals surface area contributed by atoms with Crippen LogP contribution in [0.2, 0.25) is 0 Å². The maximum Gasteiger partial charge on any atom is 1.00 e. The maximum absolute atomic E-state index is 12.5. The van der Waals surface area contributed by atoms with Crippen LogP contribution in [0.25, 0.3) is 0 Å². The van der Waals surface area contributed by atoms with E-state index in [0.717, 1.165) is 70.6 Å². The van der Waals surface area contributed by atoms with Crippen LogP contribution in [0.15, 0.2) is 0 Å². The molecule has 0 aromatic heterocycles. The van der Waals surface area contributed by atoms with E-state index in [4.69, 9.17) is 37.9 Å². The standard InChI is InChI=1S/C36H60O9.C36H56O9.C4H8O2.B.Na.H/c2*1-20-17-22(30(32(5,6)41)43-21(2)39)44-28-27(20)33(7)13-14-36-19-35(36)12-11-25(45-26(18-38)42-16-15-37)31(3,4)23(35)9-10-24(36)34(33,8)29(28)40;1-3-6-4(2)5;;;/h20,22-30,37-38,40-41H,9-19H2,1-8H3;15,18,20,22-30,40-41H,9-14,16-17,19H2,1-8H3;3H2,1-2H3;;;/q;;;;+1;-1/t20-,22-,23+,24+,25+,26+,27-,28+,29+,30+,33-,34-,35-,36+;20-,22-,23+,24+,25+,26+,27+,28+,29+,30+,33-,34-,35-,36+;;;;/m11..../s1. The van der Waals surface area contributed by atoms with E-state index in [2.05, 4.69) is 74.0 Å². The van der Waals surface area contributed by atoms with Gasteiger partial charge in [0.15, 0.2) is 24.8 Å². The second-order valence-corrected chi connectivity index (χ2v) is 35.9. The summed E-state index contributed by atoms with van der Waals surface area (Å²) in [5, 5.41) is 66.0. The maximum atomic E-state index is 12.5. The van der Waals surface area contributed by atoms with Gasteiger partial charge in [-0.15, -0.1) is 0 Å². The Hall–Kier alpha value is -1.67. The van der Waals surface area contributed by atoms with Crippen LogP contribution in [0.1, 0.15) is 229 Å². The van der Waals surface area contributed by atoms with Crippen molar-refractivity contribution in [3.8, 4) is 0 Å². The SMILES string of the molecule is CC(=O)O[C@@H]([C@H]1C[C@@H](C)[C@@H]2[C@H](O1)[C@H](O)[C@@]1(C)[C@@H]3CC[C@H]4C(C)(C)[C@@H](O[C@@H](CO)OCCO)CC[C@@]45C[C@@]35CC[C@]21C)C(C)(C)O.CC(=O)O[C@@H]([C@H]1C[C@@H](C)[C@H]2[C@H](O1)[C@H](O)[C@@]1(C)[C@@H]3CC[C@H]4C(C)(C)[C@@H](O[C@@H](C=O)OCC=O)CC[C@@]45C[C@@]35CC[C@]21C)C(C)(C)O.CCOC(C)=O.[B].[H-].[Na+]. The number of hydrogen-bond acceptors (Lipinski definition) is 20. The molecule has 0 amide bonds. The third-order valence-electron chi connectivity index (χ3n) is 30.1. The number of aldehydes is 2. The van der Waals surface area contributed by atoms with Gasteiger partial charge >= 0.3 is 47.5 Å². The predicted molar refractivity (Wildman–Crippen MR) is 361 cm³/mol. The number of aliphatic hydroxyl groups is 6. The van der Waals surface area contributed by atoms with Gasteiger partial charge in [-0.2, -0.15) is 0 Å². The Balaban J connectivity index is 0.000000250. The van der Waals surface area contributed by atoms with Crippen molar-refractivity contribution in [1.29, 1.82) is 0 Å². The quantitative estimate of drug-likeness (QED) is 0.0278. The van der Waals surface area contributed by atoms with Crippen LogP contribution in [-0.2, 0) is 66.6 Å². The summed E-state index contributed by atoms with van der Waals surface area (Å²) in [6.07, 6.45) is 10.9. The molecule has 3 radical (unpaired) electrons. The van der Waals surface area contributed by atoms with Gasteiger partial charge in [-0.3, -0.25) is 19.2 Å². The van der Waals surface area contributed by atoms with Gasteiger partial charge in [-0.25, -0.2) is 0 Å². The molecule has 10 saturated carbocycles. The fourth-order valence-electron chi connectivity index (χ4n) is 26.3. The van der Waals surface area contributed by atoms with Crippen LogP contribution < -0.4 is 29.6 Å². The van der Waals surface area contributed by atoms with Gasteiger partial charge in [0.25, 0.3) is 0 Å². The Labute approximate surface area is 610 Å². The topological polar surface area (TPSA) is 290 Å². The summed E-state index contributed by atoms with van der Waals surface area (Å²) in [5.74, 6) is 1.41. The summed E-state index contributed by atoms with van der Waals surface area (Å²) in [7, 11) is 0. The van der Waals surface area contributed by atoms with Gasteiger partial charge in [0.1, 0.15) is 12.9 Å². The van der Waals surface area contributed by atoms with Crippen LogP contribution in [-0.4, -0.2) is 187 Å². The number of rotatable bonds is 19. The van der Waals surface area contributed by atoms with Crippen molar-refractivity contribution in [3.63, 3.8) is 0 Å². The molecule has 6 N–H and O–H groups in total. The zero-order valence-corrected chi connectivity index (χ0v) is 65.0. The molecule has 0 aromatic carbocycles. The van der Waals surface area contributed by atoms with Crippen LogP contribution in [0.4, 0.5) is 0 Å². The van der Waals surface area contributed by atoms with Crippen LogP contribution in [0.5, 0.6) is 0 Å². The Morgan fingerprint density at radius 1 is 0.592 bits per heavy atom. The molecule has 12 fully saturated rings. The zero-order valence-electron chi connectivity index (χ0n) is 64.0. The van der Waals surface area contributed by atoms with Gasteiger partial charge in [0.2, 0.25) is 6.29 Å². The molecule has 0 unspecified atom stereocenters. The average molecular weight is 1390 g/mol. The van der Waals surface area contributed by atoms with Crippen molar-refractivity contribution >= 4 is 38.9 Å². The van der Waals surface area contributed by atoms with Crippen molar-refractivity contribution in [1.82, 2.24) is 0 Å². The van der Waals surface area contributed by atoms with E-state index in [0.29, 0.717) is 55.7 Å². The molecule has 98 heavy (non-hydrogen) atoms. The first-order valence-electron chi connectivity index (χ1n) is 36.9. The molecule has 12 aliphatic rings. The van der Waals surface area contributed by atoms with Gasteiger partial charge in [-0.1, -0.05) is 69.2 Å². The molecule has 2 heterocycles. The largest absolute Gasteiger partial charge is 1.00 e. The first kappa shape index (κ1) is 82.0. The van der Waals surface area contributed by atoms with Crippen molar-refractivity contribution < 1.29 is 128 Å². The predicted octanol–water partition coefficient (Wildman–Crippen LogP) is 6.15. The number of fused-ring (bicyclic) bond motifs is 8. The van der Waals surface area contributed by atoms with Gasteiger partial charge < -0.3 is 79.5 Å². The minimum Gasteiger partial charge on any atom is -1.00 e. The first-order valence-corrected chi connectivity index (χ1v) is 36.9. The molecule has 0 aromatic rings. The van der Waals surface area contributed by atoms with Crippen LogP contribution >= 0.6 is 0 Å². The van der Waals surface area contributed by atoms with Gasteiger partial charge in [0.05, 0.1) is 86.5 Å². The van der Waals surface area contributed by atoms with E-state index < -0.39 is 72.3 Å². The third kappa shape index (κ3) is 12.8. The second-order valence-electron chi connectivity index (χ2n) is 35.9. The number of ether oxygens (including phenoxy) is 9. The molecule has 2 aliphatic heterocycles. The molecule has 20 nitrogen and oxygen atoms in total. The van der Waals surface area contributed by atoms with Crippen molar-refractivity contribution in [2.24, 2.45) is 101 Å². The molecule has 28 atom stereocenters.